The summed E-state index contributed by atoms with van der Waals surface area (Å²) >= 11 is 0. The normalized spacial score (nSPS) is 20.3. The van der Waals surface area contributed by atoms with Crippen molar-refractivity contribution in [3.8, 4) is 22.6 Å². The number of carboxylic acid groups (broad SMARTS) is 1. The highest BCUT2D eigenvalue weighted by molar-refractivity contribution is 6.00. The Labute approximate surface area is 197 Å². The number of fused-ring (bicyclic) bond motifs is 1. The summed E-state index contributed by atoms with van der Waals surface area (Å²) < 4.78 is 8.07. The topological polar surface area (TPSA) is 129 Å². The lowest BCUT2D eigenvalue weighted by atomic mass is 9.78. The van der Waals surface area contributed by atoms with Crippen LogP contribution >= 0.6 is 0 Å². The molecule has 8 heteroatoms. The van der Waals surface area contributed by atoms with Gasteiger partial charge in [-0.25, -0.2) is 9.97 Å². The van der Waals surface area contributed by atoms with Crippen molar-refractivity contribution in [1.29, 1.82) is 0 Å². The van der Waals surface area contributed by atoms with Gasteiger partial charge in [0.05, 0.1) is 11.8 Å². The number of aliphatic carboxylic acids is 1. The number of nitrogen functional groups attached to an aromatic ring is 1. The third-order valence-corrected chi connectivity index (χ3v) is 6.63. The number of aromatic nitrogens is 3. The van der Waals surface area contributed by atoms with E-state index in [4.69, 9.17) is 16.2 Å². The highest BCUT2D eigenvalue weighted by Gasteiger charge is 2.35. The Bertz CT molecular complexity index is 1310. The quantitative estimate of drug-likeness (QED) is 0.381. The minimum absolute atomic E-state index is 0.0100. The standard InChI is InChI=1S/C26H27N5O3/c27-24-23-21(17-6-8-20(9-7-17)34-19-4-2-1-3-5-19)15-31(25(23)30-16-29-24)18-10-12-26(28,13-11-18)14-22(32)33/h1-9,15-16,18H,10-14,28H2,(H,32,33)(H2,27,29,30). The molecule has 5 N–H and O–H groups in total. The van der Waals surface area contributed by atoms with Crippen LogP contribution < -0.4 is 16.2 Å². The van der Waals surface area contributed by atoms with Gasteiger partial charge in [-0.2, -0.15) is 0 Å². The van der Waals surface area contributed by atoms with Crippen LogP contribution in [0.3, 0.4) is 0 Å². The highest BCUT2D eigenvalue weighted by Crippen LogP contribution is 2.41. The molecule has 1 aliphatic carbocycles. The summed E-state index contributed by atoms with van der Waals surface area (Å²) in [7, 11) is 0. The van der Waals surface area contributed by atoms with E-state index >= 15 is 0 Å². The third kappa shape index (κ3) is 4.32. The van der Waals surface area contributed by atoms with Gasteiger partial charge in [-0.1, -0.05) is 30.3 Å². The summed E-state index contributed by atoms with van der Waals surface area (Å²) in [6.07, 6.45) is 6.39. The first-order valence-electron chi connectivity index (χ1n) is 11.4. The molecule has 2 aromatic carbocycles. The van der Waals surface area contributed by atoms with Crippen LogP contribution in [-0.4, -0.2) is 31.1 Å². The Balaban J connectivity index is 1.45. The Morgan fingerprint density at radius 3 is 2.41 bits per heavy atom. The number of benzene rings is 2. The van der Waals surface area contributed by atoms with E-state index in [1.807, 2.05) is 54.6 Å². The number of rotatable bonds is 6. The molecule has 1 aliphatic rings. The van der Waals surface area contributed by atoms with Crippen LogP contribution in [0.4, 0.5) is 5.82 Å². The molecular weight excluding hydrogens is 430 g/mol. The summed E-state index contributed by atoms with van der Waals surface area (Å²) in [5.74, 6) is 1.10. The predicted molar refractivity (Wildman–Crippen MR) is 131 cm³/mol. The zero-order valence-electron chi connectivity index (χ0n) is 18.7. The van der Waals surface area contributed by atoms with Gasteiger partial charge in [0.2, 0.25) is 0 Å². The molecule has 0 atom stereocenters. The first kappa shape index (κ1) is 21.9. The number of carbonyl (C=O) groups is 1. The number of anilines is 1. The van der Waals surface area contributed by atoms with E-state index < -0.39 is 11.5 Å². The molecule has 8 nitrogen and oxygen atoms in total. The fourth-order valence-electron chi connectivity index (χ4n) is 4.87. The summed E-state index contributed by atoms with van der Waals surface area (Å²) in [6, 6.07) is 17.7. The summed E-state index contributed by atoms with van der Waals surface area (Å²) in [5.41, 5.74) is 14.7. The van der Waals surface area contributed by atoms with Crippen molar-refractivity contribution in [2.24, 2.45) is 5.73 Å². The smallest absolute Gasteiger partial charge is 0.305 e. The van der Waals surface area contributed by atoms with Crippen molar-refractivity contribution < 1.29 is 14.6 Å². The van der Waals surface area contributed by atoms with E-state index in [-0.39, 0.29) is 12.5 Å². The molecule has 0 radical (unpaired) electrons. The maximum absolute atomic E-state index is 11.2. The molecule has 5 rings (SSSR count). The zero-order chi connectivity index (χ0) is 23.7. The largest absolute Gasteiger partial charge is 0.481 e. The Morgan fingerprint density at radius 2 is 1.74 bits per heavy atom. The SMILES string of the molecule is Nc1ncnc2c1c(-c1ccc(Oc3ccccc3)cc1)cn2C1CCC(N)(CC(=O)O)CC1. The fraction of sp³-hybridized carbons (Fsp3) is 0.269. The first-order valence-corrected chi connectivity index (χ1v) is 11.4. The molecule has 4 aromatic rings. The molecule has 34 heavy (non-hydrogen) atoms. The van der Waals surface area contributed by atoms with Gasteiger partial charge in [0.1, 0.15) is 29.3 Å². The van der Waals surface area contributed by atoms with Crippen LogP contribution in [0.15, 0.2) is 67.1 Å². The van der Waals surface area contributed by atoms with Gasteiger partial charge in [0.25, 0.3) is 0 Å². The third-order valence-electron chi connectivity index (χ3n) is 6.63. The molecule has 1 fully saturated rings. The van der Waals surface area contributed by atoms with E-state index in [1.165, 1.54) is 6.33 Å². The monoisotopic (exact) mass is 457 g/mol. The van der Waals surface area contributed by atoms with Gasteiger partial charge < -0.3 is 25.9 Å². The van der Waals surface area contributed by atoms with Gasteiger partial charge >= 0.3 is 5.97 Å². The van der Waals surface area contributed by atoms with E-state index in [9.17, 15) is 9.90 Å². The van der Waals surface area contributed by atoms with Crippen LogP contribution in [-0.2, 0) is 4.79 Å². The van der Waals surface area contributed by atoms with Crippen LogP contribution in [0.5, 0.6) is 11.5 Å². The first-order chi connectivity index (χ1) is 16.4. The minimum atomic E-state index is -0.852. The van der Waals surface area contributed by atoms with Crippen LogP contribution in [0.2, 0.25) is 0 Å². The Morgan fingerprint density at radius 1 is 1.06 bits per heavy atom. The van der Waals surface area contributed by atoms with E-state index in [0.717, 1.165) is 46.5 Å². The fourth-order valence-corrected chi connectivity index (χ4v) is 4.87. The molecule has 0 unspecified atom stereocenters. The van der Waals surface area contributed by atoms with Crippen molar-refractivity contribution >= 4 is 22.8 Å². The molecule has 0 aliphatic heterocycles. The lowest BCUT2D eigenvalue weighted by Gasteiger charge is -2.36. The number of hydrogen-bond acceptors (Lipinski definition) is 6. The molecular formula is C26H27N5O3. The molecule has 0 saturated heterocycles. The van der Waals surface area contributed by atoms with Gasteiger partial charge in [0.15, 0.2) is 0 Å². The Kier molecular flexibility index (Phi) is 5.67. The predicted octanol–water partition coefficient (Wildman–Crippen LogP) is 4.76. The second kappa shape index (κ2) is 8.79. The summed E-state index contributed by atoms with van der Waals surface area (Å²) in [6.45, 7) is 0. The number of nitrogens with two attached hydrogens (primary N) is 2. The summed E-state index contributed by atoms with van der Waals surface area (Å²) in [4.78, 5) is 20.0. The van der Waals surface area contributed by atoms with Gasteiger partial charge in [0, 0.05) is 23.3 Å². The van der Waals surface area contributed by atoms with E-state index in [1.54, 1.807) is 0 Å². The van der Waals surface area contributed by atoms with Crippen molar-refractivity contribution in [2.45, 2.75) is 43.7 Å². The maximum Gasteiger partial charge on any atom is 0.305 e. The number of para-hydroxylation sites is 1. The molecule has 2 heterocycles. The van der Waals surface area contributed by atoms with Crippen molar-refractivity contribution in [3.05, 3.63) is 67.1 Å². The number of hydrogen-bond donors (Lipinski definition) is 3. The van der Waals surface area contributed by atoms with E-state index in [2.05, 4.69) is 20.7 Å². The molecule has 0 bridgehead atoms. The average Bonchev–Trinajstić information content (AvgIpc) is 3.21. The number of nitrogens with zero attached hydrogens (tertiary/aromatic N) is 3. The van der Waals surface area contributed by atoms with Crippen molar-refractivity contribution in [2.75, 3.05) is 5.73 Å². The molecule has 0 amide bonds. The zero-order valence-corrected chi connectivity index (χ0v) is 18.7. The maximum atomic E-state index is 11.2. The van der Waals surface area contributed by atoms with Crippen LogP contribution in [0.1, 0.15) is 38.1 Å². The lowest BCUT2D eigenvalue weighted by Crippen LogP contribution is -2.45. The lowest BCUT2D eigenvalue weighted by molar-refractivity contribution is -0.138. The van der Waals surface area contributed by atoms with Gasteiger partial charge in [-0.3, -0.25) is 4.79 Å². The molecule has 2 aromatic heterocycles. The van der Waals surface area contributed by atoms with Crippen LogP contribution in [0, 0.1) is 0 Å². The van der Waals surface area contributed by atoms with Gasteiger partial charge in [-0.15, -0.1) is 0 Å². The second-order valence-corrected chi connectivity index (χ2v) is 9.01. The highest BCUT2D eigenvalue weighted by atomic mass is 16.5. The van der Waals surface area contributed by atoms with Crippen molar-refractivity contribution in [1.82, 2.24) is 14.5 Å². The second-order valence-electron chi connectivity index (χ2n) is 9.01. The number of carboxylic acids is 1. The average molecular weight is 458 g/mol. The molecule has 0 spiro atoms. The van der Waals surface area contributed by atoms with Crippen LogP contribution in [0.25, 0.3) is 22.2 Å². The summed E-state index contributed by atoms with van der Waals surface area (Å²) in [5, 5.41) is 10.0. The molecule has 1 saturated carbocycles. The molecule has 174 valence electrons. The number of ether oxygens (including phenoxy) is 1. The van der Waals surface area contributed by atoms with E-state index in [0.29, 0.717) is 18.7 Å². The van der Waals surface area contributed by atoms with Gasteiger partial charge in [-0.05, 0) is 55.5 Å². The van der Waals surface area contributed by atoms with Crippen molar-refractivity contribution in [3.63, 3.8) is 0 Å². The Hall–Kier alpha value is -3.91. The minimum Gasteiger partial charge on any atom is -0.481 e.